The zero-order valence-corrected chi connectivity index (χ0v) is 18.5. The topological polar surface area (TPSA) is 114 Å². The largest absolute Gasteiger partial charge is 0.273 e. The molecule has 1 aromatic carbocycles. The van der Waals surface area contributed by atoms with Gasteiger partial charge in [-0.2, -0.15) is 0 Å². The van der Waals surface area contributed by atoms with Gasteiger partial charge < -0.3 is 0 Å². The molecule has 0 radical (unpaired) electrons. The molecule has 0 unspecified atom stereocenters. The van der Waals surface area contributed by atoms with Gasteiger partial charge in [-0.05, 0) is 58.4 Å². The molecule has 11 heteroatoms. The number of rotatable bonds is 4. The third-order valence-electron chi connectivity index (χ3n) is 4.52. The molecule has 0 atom stereocenters. The van der Waals surface area contributed by atoms with Crippen LogP contribution >= 0.6 is 11.3 Å². The molecule has 1 fully saturated rings. The average Bonchev–Trinajstić information content (AvgIpc) is 2.90. The quantitative estimate of drug-likeness (QED) is 0.777. The Morgan fingerprint density at radius 1 is 1.21 bits per heavy atom. The molecule has 1 amide bonds. The number of aryl methyl sites for hydroxylation is 3. The number of hydrogen-bond acceptors (Lipinski definition) is 7. The molecule has 1 aliphatic heterocycles. The first kappa shape index (κ1) is 20.7. The van der Waals surface area contributed by atoms with Crippen molar-refractivity contribution in [3.05, 3.63) is 34.3 Å². The average molecular weight is 444 g/mol. The zero-order chi connectivity index (χ0) is 21.1. The summed E-state index contributed by atoms with van der Waals surface area (Å²) in [5.74, 6) is -0.822. The Bertz CT molecular complexity index is 1160. The Morgan fingerprint density at radius 2 is 1.86 bits per heavy atom. The van der Waals surface area contributed by atoms with Crippen LogP contribution < -0.4 is 9.03 Å². The molecule has 2 aromatic rings. The Balaban J connectivity index is 1.98. The summed E-state index contributed by atoms with van der Waals surface area (Å²) in [7, 11) is -7.71. The smallest absolute Gasteiger partial charge is 0.263 e. The van der Waals surface area contributed by atoms with Gasteiger partial charge in [0.15, 0.2) is 5.13 Å². The molecule has 1 N–H and O–H groups in total. The summed E-state index contributed by atoms with van der Waals surface area (Å²) in [6, 6.07) is 4.02. The molecule has 0 aliphatic carbocycles. The molecule has 0 saturated carbocycles. The van der Waals surface area contributed by atoms with Crippen LogP contribution in [0, 0.1) is 26.2 Å². The molecule has 0 bridgehead atoms. The van der Waals surface area contributed by atoms with Gasteiger partial charge in [-0.1, -0.05) is 0 Å². The second-order valence-electron chi connectivity index (χ2n) is 7.43. The van der Waals surface area contributed by atoms with Crippen LogP contribution in [0.15, 0.2) is 23.1 Å². The minimum atomic E-state index is -3.91. The molecule has 8 nitrogen and oxygen atoms in total. The molecule has 152 valence electrons. The van der Waals surface area contributed by atoms with Gasteiger partial charge in [0, 0.05) is 4.88 Å². The van der Waals surface area contributed by atoms with Crippen LogP contribution in [-0.2, 0) is 24.8 Å². The summed E-state index contributed by atoms with van der Waals surface area (Å²) >= 11 is 1.23. The van der Waals surface area contributed by atoms with Gasteiger partial charge in [0.2, 0.25) is 15.9 Å². The third-order valence-corrected chi connectivity index (χ3v) is 9.15. The van der Waals surface area contributed by atoms with Crippen molar-refractivity contribution < 1.29 is 21.6 Å². The van der Waals surface area contributed by atoms with Gasteiger partial charge in [0.05, 0.1) is 27.4 Å². The number of aromatic nitrogens is 1. The number of benzene rings is 1. The number of carbonyl (C=O) groups is 1. The van der Waals surface area contributed by atoms with Crippen LogP contribution in [0.25, 0.3) is 0 Å². The van der Waals surface area contributed by atoms with E-state index < -0.39 is 31.4 Å². The van der Waals surface area contributed by atoms with E-state index in [1.165, 1.54) is 29.5 Å². The van der Waals surface area contributed by atoms with Crippen LogP contribution in [0.4, 0.5) is 10.8 Å². The molecule has 2 heterocycles. The van der Waals surface area contributed by atoms with Gasteiger partial charge >= 0.3 is 0 Å². The fraction of sp³-hybridized carbons (Fsp3) is 0.412. The fourth-order valence-electron chi connectivity index (χ4n) is 3.01. The van der Waals surface area contributed by atoms with Gasteiger partial charge in [0.25, 0.3) is 10.0 Å². The Hall–Kier alpha value is -1.98. The number of sulfonamides is 2. The van der Waals surface area contributed by atoms with Gasteiger partial charge in [-0.15, -0.1) is 11.3 Å². The summed E-state index contributed by atoms with van der Waals surface area (Å²) in [5, 5.41) is 0.262. The molecule has 1 aromatic heterocycles. The lowest BCUT2D eigenvalue weighted by molar-refractivity contribution is -0.123. The molecular formula is C17H21N3O5S3. The van der Waals surface area contributed by atoms with E-state index in [1.54, 1.807) is 27.7 Å². The second kappa shape index (κ2) is 6.53. The molecule has 3 rings (SSSR count). The van der Waals surface area contributed by atoms with Crippen molar-refractivity contribution in [2.24, 2.45) is 5.41 Å². The minimum Gasteiger partial charge on any atom is -0.273 e. The highest BCUT2D eigenvalue weighted by atomic mass is 32.2. The van der Waals surface area contributed by atoms with Gasteiger partial charge in [-0.3, -0.25) is 9.52 Å². The predicted octanol–water partition coefficient (Wildman–Crippen LogP) is 2.57. The van der Waals surface area contributed by atoms with E-state index in [0.717, 1.165) is 14.9 Å². The summed E-state index contributed by atoms with van der Waals surface area (Å²) in [5.41, 5.74) is 0.172. The van der Waals surface area contributed by atoms with E-state index in [2.05, 4.69) is 9.71 Å². The van der Waals surface area contributed by atoms with E-state index >= 15 is 0 Å². The summed E-state index contributed by atoms with van der Waals surface area (Å²) in [6.45, 7) is 8.33. The number of amides is 1. The Kier molecular flexibility index (Phi) is 4.84. The van der Waals surface area contributed by atoms with Crippen LogP contribution in [0.5, 0.6) is 0 Å². The van der Waals surface area contributed by atoms with Crippen LogP contribution in [0.1, 0.15) is 30.0 Å². The number of anilines is 2. The minimum absolute atomic E-state index is 0.00920. The Morgan fingerprint density at radius 3 is 2.32 bits per heavy atom. The maximum atomic E-state index is 12.7. The highest BCUT2D eigenvalue weighted by Crippen LogP contribution is 2.37. The Labute approximate surface area is 168 Å². The molecule has 28 heavy (non-hydrogen) atoms. The van der Waals surface area contributed by atoms with Crippen molar-refractivity contribution in [2.45, 2.75) is 39.5 Å². The van der Waals surface area contributed by atoms with Crippen molar-refractivity contribution in [1.82, 2.24) is 4.98 Å². The van der Waals surface area contributed by atoms with E-state index in [-0.39, 0.29) is 21.5 Å². The van der Waals surface area contributed by atoms with Crippen molar-refractivity contribution in [3.8, 4) is 0 Å². The first-order chi connectivity index (χ1) is 12.7. The lowest BCUT2D eigenvalue weighted by Crippen LogP contribution is -2.33. The first-order valence-electron chi connectivity index (χ1n) is 8.39. The van der Waals surface area contributed by atoms with E-state index in [9.17, 15) is 21.6 Å². The van der Waals surface area contributed by atoms with Crippen molar-refractivity contribution in [1.29, 1.82) is 0 Å². The number of nitrogens with one attached hydrogen (secondary N) is 1. The highest BCUT2D eigenvalue weighted by Gasteiger charge is 2.50. The molecular weight excluding hydrogens is 422 g/mol. The fourth-order valence-corrected chi connectivity index (χ4v) is 7.39. The number of thiazole rings is 1. The standard InChI is InChI=1S/C17H21N3O5S3/c1-10-8-13(20-15(21)17(4,5)9-27(20,22)23)6-7-14(10)28(24,25)19-16-18-11(2)12(3)26-16/h6-8H,9H2,1-5H3,(H,18,19). The van der Waals surface area contributed by atoms with Gasteiger partial charge in [0.1, 0.15) is 0 Å². The van der Waals surface area contributed by atoms with Crippen molar-refractivity contribution >= 4 is 48.1 Å². The monoisotopic (exact) mass is 443 g/mol. The number of nitrogens with zero attached hydrogens (tertiary/aromatic N) is 2. The zero-order valence-electron chi connectivity index (χ0n) is 16.1. The van der Waals surface area contributed by atoms with Crippen LogP contribution in [-0.4, -0.2) is 33.5 Å². The van der Waals surface area contributed by atoms with Crippen LogP contribution in [0.3, 0.4) is 0 Å². The summed E-state index contributed by atoms with van der Waals surface area (Å²) < 4.78 is 53.5. The number of carbonyl (C=O) groups excluding carboxylic acids is 1. The van der Waals surface area contributed by atoms with E-state index in [0.29, 0.717) is 5.56 Å². The van der Waals surface area contributed by atoms with Crippen molar-refractivity contribution in [2.75, 3.05) is 14.8 Å². The van der Waals surface area contributed by atoms with Crippen molar-refractivity contribution in [3.63, 3.8) is 0 Å². The summed E-state index contributed by atoms with van der Waals surface area (Å²) in [4.78, 5) is 17.6. The number of hydrogen-bond donors (Lipinski definition) is 1. The highest BCUT2D eigenvalue weighted by molar-refractivity contribution is 7.94. The lowest BCUT2D eigenvalue weighted by atomic mass is 9.95. The normalized spacial score (nSPS) is 18.5. The van der Waals surface area contributed by atoms with E-state index in [4.69, 9.17) is 0 Å². The van der Waals surface area contributed by atoms with E-state index in [1.807, 2.05) is 6.92 Å². The molecule has 0 spiro atoms. The maximum Gasteiger partial charge on any atom is 0.263 e. The second-order valence-corrected chi connectivity index (χ2v) is 12.1. The summed E-state index contributed by atoms with van der Waals surface area (Å²) in [6.07, 6.45) is 0. The van der Waals surface area contributed by atoms with Crippen LogP contribution in [0.2, 0.25) is 0 Å². The predicted molar refractivity (Wildman–Crippen MR) is 109 cm³/mol. The maximum absolute atomic E-state index is 12.7. The first-order valence-corrected chi connectivity index (χ1v) is 12.3. The molecule has 1 aliphatic rings. The molecule has 1 saturated heterocycles. The van der Waals surface area contributed by atoms with Gasteiger partial charge in [-0.25, -0.2) is 26.1 Å². The lowest BCUT2D eigenvalue weighted by Gasteiger charge is -2.19. The SMILES string of the molecule is Cc1cc(N2C(=O)C(C)(C)CS2(=O)=O)ccc1S(=O)(=O)Nc1nc(C)c(C)s1. The third kappa shape index (κ3) is 3.53.